The second-order valence-corrected chi connectivity index (χ2v) is 3.89. The summed E-state index contributed by atoms with van der Waals surface area (Å²) < 4.78 is 14.9. The van der Waals surface area contributed by atoms with Gasteiger partial charge < -0.3 is 29.5 Å². The van der Waals surface area contributed by atoms with E-state index in [4.69, 9.17) is 29.5 Å². The summed E-state index contributed by atoms with van der Waals surface area (Å²) in [6.45, 7) is -0.0194. The minimum absolute atomic E-state index is 0.0252. The van der Waals surface area contributed by atoms with Gasteiger partial charge in [0.05, 0.1) is 12.2 Å². The minimum Gasteiger partial charge on any atom is -0.480 e. The van der Waals surface area contributed by atoms with E-state index in [0.717, 1.165) is 0 Å². The van der Waals surface area contributed by atoms with Crippen molar-refractivity contribution in [1.29, 1.82) is 0 Å². The molecule has 0 bridgehead atoms. The van der Waals surface area contributed by atoms with Crippen LogP contribution in [-0.2, 0) is 28.6 Å². The second-order valence-electron chi connectivity index (χ2n) is 3.89. The van der Waals surface area contributed by atoms with Crippen molar-refractivity contribution in [3.63, 3.8) is 0 Å². The van der Waals surface area contributed by atoms with Crippen molar-refractivity contribution in [2.45, 2.75) is 25.6 Å². The van der Waals surface area contributed by atoms with Crippen LogP contribution < -0.4 is 0 Å². The lowest BCUT2D eigenvalue weighted by Gasteiger charge is -2.23. The van der Waals surface area contributed by atoms with Gasteiger partial charge in [0.15, 0.2) is 0 Å². The highest BCUT2D eigenvalue weighted by Crippen LogP contribution is 2.09. The van der Waals surface area contributed by atoms with Crippen LogP contribution in [-0.4, -0.2) is 71.9 Å². The highest BCUT2D eigenvalue weighted by Gasteiger charge is 2.21. The van der Waals surface area contributed by atoms with Gasteiger partial charge in [-0.1, -0.05) is 0 Å². The summed E-state index contributed by atoms with van der Waals surface area (Å²) in [5.41, 5.74) is 0. The molecular formula is C11H18O9. The number of hydrogen-bond acceptors (Lipinski definition) is 6. The first-order chi connectivity index (χ1) is 9.32. The highest BCUT2D eigenvalue weighted by molar-refractivity contribution is 5.68. The van der Waals surface area contributed by atoms with Gasteiger partial charge in [-0.05, 0) is 13.3 Å². The lowest BCUT2D eigenvalue weighted by molar-refractivity contribution is -0.156. The fourth-order valence-electron chi connectivity index (χ4n) is 1.30. The third-order valence-electron chi connectivity index (χ3n) is 2.19. The van der Waals surface area contributed by atoms with Crippen LogP contribution in [0.4, 0.5) is 0 Å². The molecule has 2 atom stereocenters. The Balaban J connectivity index is 4.20. The molecule has 0 aliphatic rings. The average molecular weight is 294 g/mol. The van der Waals surface area contributed by atoms with Crippen LogP contribution in [0.3, 0.4) is 0 Å². The maximum atomic E-state index is 10.4. The van der Waals surface area contributed by atoms with E-state index < -0.39 is 49.9 Å². The Hall–Kier alpha value is -1.71. The van der Waals surface area contributed by atoms with E-state index in [9.17, 15) is 14.4 Å². The zero-order valence-electron chi connectivity index (χ0n) is 11.0. The summed E-state index contributed by atoms with van der Waals surface area (Å²) >= 11 is 0. The molecule has 0 aliphatic carbocycles. The Morgan fingerprint density at radius 1 is 0.900 bits per heavy atom. The van der Waals surface area contributed by atoms with E-state index in [1.165, 1.54) is 6.92 Å². The van der Waals surface area contributed by atoms with Gasteiger partial charge >= 0.3 is 17.9 Å². The fraction of sp³-hybridized carbons (Fsp3) is 0.727. The highest BCUT2D eigenvalue weighted by atomic mass is 16.6. The van der Waals surface area contributed by atoms with Crippen molar-refractivity contribution < 1.29 is 43.9 Å². The average Bonchev–Trinajstić information content (AvgIpc) is 2.34. The minimum atomic E-state index is -1.17. The maximum Gasteiger partial charge on any atom is 0.329 e. The summed E-state index contributed by atoms with van der Waals surface area (Å²) in [4.78, 5) is 31.1. The number of carboxylic acid groups (broad SMARTS) is 3. The van der Waals surface area contributed by atoms with Crippen LogP contribution in [0.1, 0.15) is 13.3 Å². The summed E-state index contributed by atoms with van der Waals surface area (Å²) in [6, 6.07) is 0. The number of ether oxygens (including phenoxy) is 3. The predicted octanol–water partition coefficient (Wildman–Crippen LogP) is -0.563. The largest absolute Gasteiger partial charge is 0.480 e. The van der Waals surface area contributed by atoms with Gasteiger partial charge in [0.25, 0.3) is 0 Å². The fourth-order valence-corrected chi connectivity index (χ4v) is 1.30. The van der Waals surface area contributed by atoms with Gasteiger partial charge in [-0.2, -0.15) is 0 Å². The summed E-state index contributed by atoms with van der Waals surface area (Å²) in [6.07, 6.45) is -1.19. The van der Waals surface area contributed by atoms with Gasteiger partial charge in [0.2, 0.25) is 0 Å². The maximum absolute atomic E-state index is 10.4. The molecule has 20 heavy (non-hydrogen) atoms. The molecular weight excluding hydrogens is 276 g/mol. The molecule has 0 aliphatic heterocycles. The number of carboxylic acids is 3. The third kappa shape index (κ3) is 10.2. The molecule has 0 fully saturated rings. The third-order valence-corrected chi connectivity index (χ3v) is 2.19. The number of carbonyl (C=O) groups is 3. The molecule has 0 amide bonds. The molecule has 0 radical (unpaired) electrons. The van der Waals surface area contributed by atoms with Crippen molar-refractivity contribution in [1.82, 2.24) is 0 Å². The monoisotopic (exact) mass is 294 g/mol. The molecule has 0 aromatic heterocycles. The van der Waals surface area contributed by atoms with Gasteiger partial charge in [0, 0.05) is 6.61 Å². The van der Waals surface area contributed by atoms with Crippen molar-refractivity contribution in [2.75, 3.05) is 26.4 Å². The Labute approximate surface area is 115 Å². The molecule has 0 saturated heterocycles. The molecule has 0 heterocycles. The van der Waals surface area contributed by atoms with E-state index in [1.54, 1.807) is 0 Å². The summed E-state index contributed by atoms with van der Waals surface area (Å²) in [7, 11) is 0. The second kappa shape index (κ2) is 10.1. The molecule has 2 unspecified atom stereocenters. The molecule has 0 spiro atoms. The van der Waals surface area contributed by atoms with Gasteiger partial charge in [-0.3, -0.25) is 0 Å². The number of hydrogen-bond donors (Lipinski definition) is 3. The quantitative estimate of drug-likeness (QED) is 0.404. The summed E-state index contributed by atoms with van der Waals surface area (Å²) in [5.74, 6) is -3.45. The van der Waals surface area contributed by atoms with Crippen molar-refractivity contribution in [2.24, 2.45) is 0 Å². The van der Waals surface area contributed by atoms with E-state index >= 15 is 0 Å². The predicted molar refractivity (Wildman–Crippen MR) is 63.5 cm³/mol. The van der Waals surface area contributed by atoms with E-state index in [0.29, 0.717) is 0 Å². The normalized spacial score (nSPS) is 13.7. The van der Waals surface area contributed by atoms with E-state index in [-0.39, 0.29) is 13.0 Å². The molecule has 9 nitrogen and oxygen atoms in total. The van der Waals surface area contributed by atoms with Crippen LogP contribution in [0.25, 0.3) is 0 Å². The van der Waals surface area contributed by atoms with Crippen molar-refractivity contribution >= 4 is 17.9 Å². The van der Waals surface area contributed by atoms with Gasteiger partial charge in [0.1, 0.15) is 19.8 Å². The molecule has 0 aromatic rings. The number of aliphatic carboxylic acids is 3. The van der Waals surface area contributed by atoms with Crippen LogP contribution in [0.15, 0.2) is 0 Å². The standard InChI is InChI=1S/C11H18O9/c1-7(19-5-10(14)15)8(20-6-11(16)17)2-3-18-4-9(12)13/h7-8H,2-6H2,1H3,(H,12,13)(H,14,15)(H,16,17). The first-order valence-corrected chi connectivity index (χ1v) is 5.79. The Morgan fingerprint density at radius 3 is 1.90 bits per heavy atom. The molecule has 9 heteroatoms. The molecule has 0 rings (SSSR count). The molecule has 116 valence electrons. The van der Waals surface area contributed by atoms with Crippen molar-refractivity contribution in [3.05, 3.63) is 0 Å². The molecule has 0 saturated carbocycles. The van der Waals surface area contributed by atoms with E-state index in [2.05, 4.69) is 0 Å². The lowest BCUT2D eigenvalue weighted by Crippen LogP contribution is -2.33. The Kier molecular flexibility index (Phi) is 9.26. The van der Waals surface area contributed by atoms with E-state index in [1.807, 2.05) is 0 Å². The Bertz CT molecular complexity index is 328. The van der Waals surface area contributed by atoms with Crippen LogP contribution in [0, 0.1) is 0 Å². The molecule has 0 aromatic carbocycles. The lowest BCUT2D eigenvalue weighted by atomic mass is 10.1. The first-order valence-electron chi connectivity index (χ1n) is 5.79. The van der Waals surface area contributed by atoms with Gasteiger partial charge in [-0.15, -0.1) is 0 Å². The van der Waals surface area contributed by atoms with Crippen LogP contribution in [0.2, 0.25) is 0 Å². The van der Waals surface area contributed by atoms with Gasteiger partial charge in [-0.25, -0.2) is 14.4 Å². The first kappa shape index (κ1) is 18.3. The summed E-state index contributed by atoms with van der Waals surface area (Å²) in [5, 5.41) is 25.4. The topological polar surface area (TPSA) is 140 Å². The number of rotatable bonds is 12. The smallest absolute Gasteiger partial charge is 0.329 e. The Morgan fingerprint density at radius 2 is 1.40 bits per heavy atom. The SMILES string of the molecule is CC(OCC(=O)O)C(CCOCC(=O)O)OCC(=O)O. The van der Waals surface area contributed by atoms with Crippen molar-refractivity contribution in [3.8, 4) is 0 Å². The zero-order chi connectivity index (χ0) is 15.5. The molecule has 3 N–H and O–H groups in total. The van der Waals surface area contributed by atoms with Crippen LogP contribution in [0.5, 0.6) is 0 Å². The van der Waals surface area contributed by atoms with Crippen LogP contribution >= 0.6 is 0 Å². The zero-order valence-corrected chi connectivity index (χ0v) is 11.0.